The normalized spacial score (nSPS) is 25.7. The molecule has 2 rings (SSSR count). The number of hydrogen-bond acceptors (Lipinski definition) is 2. The first-order chi connectivity index (χ1) is 7.25. The predicted octanol–water partition coefficient (Wildman–Crippen LogP) is 2.50. The Labute approximate surface area is 89.9 Å². The fourth-order valence-corrected chi connectivity index (χ4v) is 2.18. The standard InChI is InChI=1S/C12H17FN2/c1-9-4-5-10(7-9)15-8-12-11(13)3-2-6-14-12/h2-3,6,9-10,15H,4-5,7-8H2,1H3. The lowest BCUT2D eigenvalue weighted by atomic mass is 10.1. The van der Waals surface area contributed by atoms with Gasteiger partial charge >= 0.3 is 0 Å². The van der Waals surface area contributed by atoms with E-state index in [9.17, 15) is 4.39 Å². The van der Waals surface area contributed by atoms with Crippen LogP contribution < -0.4 is 5.32 Å². The Morgan fingerprint density at radius 3 is 3.07 bits per heavy atom. The Morgan fingerprint density at radius 1 is 1.53 bits per heavy atom. The number of nitrogens with zero attached hydrogens (tertiary/aromatic N) is 1. The third-order valence-electron chi connectivity index (χ3n) is 3.09. The van der Waals surface area contributed by atoms with Gasteiger partial charge in [0.1, 0.15) is 5.82 Å². The second-order valence-corrected chi connectivity index (χ2v) is 4.43. The molecule has 0 spiro atoms. The van der Waals surface area contributed by atoms with Gasteiger partial charge in [-0.05, 0) is 37.3 Å². The Hall–Kier alpha value is -0.960. The van der Waals surface area contributed by atoms with Crippen molar-refractivity contribution in [3.8, 4) is 0 Å². The summed E-state index contributed by atoms with van der Waals surface area (Å²) < 4.78 is 13.2. The number of rotatable bonds is 3. The number of pyridine rings is 1. The van der Waals surface area contributed by atoms with E-state index < -0.39 is 0 Å². The van der Waals surface area contributed by atoms with E-state index in [0.717, 1.165) is 5.92 Å². The molecular formula is C12H17FN2. The Morgan fingerprint density at radius 2 is 2.40 bits per heavy atom. The molecule has 0 radical (unpaired) electrons. The molecule has 3 heteroatoms. The zero-order valence-corrected chi connectivity index (χ0v) is 9.04. The molecule has 1 N–H and O–H groups in total. The van der Waals surface area contributed by atoms with E-state index in [-0.39, 0.29) is 5.82 Å². The van der Waals surface area contributed by atoms with Crippen LogP contribution in [0, 0.1) is 11.7 Å². The van der Waals surface area contributed by atoms with Crippen LogP contribution in [0.4, 0.5) is 4.39 Å². The summed E-state index contributed by atoms with van der Waals surface area (Å²) in [5, 5.41) is 3.37. The lowest BCUT2D eigenvalue weighted by Crippen LogP contribution is -2.26. The zero-order chi connectivity index (χ0) is 10.7. The smallest absolute Gasteiger partial charge is 0.146 e. The molecule has 0 saturated heterocycles. The van der Waals surface area contributed by atoms with E-state index in [2.05, 4.69) is 17.2 Å². The van der Waals surface area contributed by atoms with Crippen LogP contribution in [0.1, 0.15) is 31.9 Å². The molecule has 15 heavy (non-hydrogen) atoms. The highest BCUT2D eigenvalue weighted by molar-refractivity contribution is 5.06. The van der Waals surface area contributed by atoms with Gasteiger partial charge in [-0.3, -0.25) is 4.98 Å². The van der Waals surface area contributed by atoms with Crippen LogP contribution in [0.25, 0.3) is 0 Å². The molecule has 0 bridgehead atoms. The zero-order valence-electron chi connectivity index (χ0n) is 9.04. The Bertz CT molecular complexity index is 327. The summed E-state index contributed by atoms with van der Waals surface area (Å²) >= 11 is 0. The summed E-state index contributed by atoms with van der Waals surface area (Å²) in [5.41, 5.74) is 0.525. The highest BCUT2D eigenvalue weighted by Crippen LogP contribution is 2.24. The third-order valence-corrected chi connectivity index (χ3v) is 3.09. The van der Waals surface area contributed by atoms with E-state index in [0.29, 0.717) is 18.3 Å². The second-order valence-electron chi connectivity index (χ2n) is 4.43. The molecule has 2 unspecified atom stereocenters. The summed E-state index contributed by atoms with van der Waals surface area (Å²) in [6, 6.07) is 3.62. The van der Waals surface area contributed by atoms with Crippen molar-refractivity contribution in [3.63, 3.8) is 0 Å². The molecule has 0 aromatic carbocycles. The van der Waals surface area contributed by atoms with Crippen LogP contribution >= 0.6 is 0 Å². The molecule has 0 amide bonds. The van der Waals surface area contributed by atoms with Gasteiger partial charge in [-0.1, -0.05) is 6.92 Å². The molecule has 1 aromatic rings. The van der Waals surface area contributed by atoms with E-state index in [1.807, 2.05) is 0 Å². The largest absolute Gasteiger partial charge is 0.308 e. The summed E-state index contributed by atoms with van der Waals surface area (Å²) in [5.74, 6) is 0.590. The van der Waals surface area contributed by atoms with E-state index >= 15 is 0 Å². The quantitative estimate of drug-likeness (QED) is 0.825. The van der Waals surface area contributed by atoms with Crippen molar-refractivity contribution < 1.29 is 4.39 Å². The minimum atomic E-state index is -0.212. The van der Waals surface area contributed by atoms with Crippen molar-refractivity contribution >= 4 is 0 Å². The van der Waals surface area contributed by atoms with Crippen LogP contribution in [-0.2, 0) is 6.54 Å². The van der Waals surface area contributed by atoms with Crippen molar-refractivity contribution in [2.75, 3.05) is 0 Å². The van der Waals surface area contributed by atoms with Crippen LogP contribution in [0.15, 0.2) is 18.3 Å². The van der Waals surface area contributed by atoms with Gasteiger partial charge in [0, 0.05) is 18.8 Å². The van der Waals surface area contributed by atoms with Crippen molar-refractivity contribution in [2.45, 2.75) is 38.8 Å². The maximum absolute atomic E-state index is 13.2. The van der Waals surface area contributed by atoms with Crippen molar-refractivity contribution in [1.82, 2.24) is 10.3 Å². The first-order valence-electron chi connectivity index (χ1n) is 5.58. The fourth-order valence-electron chi connectivity index (χ4n) is 2.18. The van der Waals surface area contributed by atoms with Crippen LogP contribution in [0.3, 0.4) is 0 Å². The maximum atomic E-state index is 13.2. The summed E-state index contributed by atoms with van der Waals surface area (Å²) in [7, 11) is 0. The molecule has 0 aliphatic heterocycles. The third kappa shape index (κ3) is 2.75. The van der Waals surface area contributed by atoms with Crippen molar-refractivity contribution in [2.24, 2.45) is 5.92 Å². The SMILES string of the molecule is CC1CCC(NCc2ncccc2F)C1. The monoisotopic (exact) mass is 208 g/mol. The van der Waals surface area contributed by atoms with Gasteiger partial charge < -0.3 is 5.32 Å². The number of hydrogen-bond donors (Lipinski definition) is 1. The van der Waals surface area contributed by atoms with Gasteiger partial charge in [0.15, 0.2) is 0 Å². The van der Waals surface area contributed by atoms with Gasteiger partial charge in [0.25, 0.3) is 0 Å². The fraction of sp³-hybridized carbons (Fsp3) is 0.583. The van der Waals surface area contributed by atoms with E-state index in [1.54, 1.807) is 12.3 Å². The Kier molecular flexibility index (Phi) is 3.31. The van der Waals surface area contributed by atoms with E-state index in [1.165, 1.54) is 25.3 Å². The summed E-state index contributed by atoms with van der Waals surface area (Å²) in [6.45, 7) is 2.81. The number of aromatic nitrogens is 1. The number of halogens is 1. The maximum Gasteiger partial charge on any atom is 0.146 e. The van der Waals surface area contributed by atoms with Crippen molar-refractivity contribution in [1.29, 1.82) is 0 Å². The lowest BCUT2D eigenvalue weighted by molar-refractivity contribution is 0.485. The van der Waals surface area contributed by atoms with Gasteiger partial charge in [-0.2, -0.15) is 0 Å². The van der Waals surface area contributed by atoms with Crippen molar-refractivity contribution in [3.05, 3.63) is 29.8 Å². The molecule has 1 aromatic heterocycles. The van der Waals surface area contributed by atoms with E-state index in [4.69, 9.17) is 0 Å². The molecule has 2 nitrogen and oxygen atoms in total. The van der Waals surface area contributed by atoms with Gasteiger partial charge in [-0.25, -0.2) is 4.39 Å². The molecule has 1 heterocycles. The average Bonchev–Trinajstić information content (AvgIpc) is 2.63. The summed E-state index contributed by atoms with van der Waals surface area (Å²) in [6.07, 6.45) is 5.32. The second kappa shape index (κ2) is 4.71. The minimum absolute atomic E-state index is 0.212. The van der Waals surface area contributed by atoms with Gasteiger partial charge in [-0.15, -0.1) is 0 Å². The van der Waals surface area contributed by atoms with Crippen LogP contribution in [0.5, 0.6) is 0 Å². The van der Waals surface area contributed by atoms with Crippen LogP contribution in [0.2, 0.25) is 0 Å². The highest BCUT2D eigenvalue weighted by Gasteiger charge is 2.20. The Balaban J connectivity index is 1.86. The molecule has 82 valence electrons. The minimum Gasteiger partial charge on any atom is -0.308 e. The highest BCUT2D eigenvalue weighted by atomic mass is 19.1. The summed E-state index contributed by atoms with van der Waals surface area (Å²) in [4.78, 5) is 4.02. The molecule has 2 atom stereocenters. The molecule has 1 fully saturated rings. The van der Waals surface area contributed by atoms with Crippen LogP contribution in [-0.4, -0.2) is 11.0 Å². The average molecular weight is 208 g/mol. The molecule has 1 saturated carbocycles. The first kappa shape index (κ1) is 10.6. The molecular weight excluding hydrogens is 191 g/mol. The van der Waals surface area contributed by atoms with Gasteiger partial charge in [0.05, 0.1) is 5.69 Å². The first-order valence-corrected chi connectivity index (χ1v) is 5.58. The molecule has 1 aliphatic carbocycles. The predicted molar refractivity (Wildman–Crippen MR) is 57.8 cm³/mol. The lowest BCUT2D eigenvalue weighted by Gasteiger charge is -2.11. The molecule has 1 aliphatic rings. The van der Waals surface area contributed by atoms with Gasteiger partial charge in [0.2, 0.25) is 0 Å². The number of nitrogens with one attached hydrogen (secondary N) is 1. The topological polar surface area (TPSA) is 24.9 Å².